The molecule has 0 aromatic heterocycles. The Balaban J connectivity index is 1.77. The van der Waals surface area contributed by atoms with Crippen molar-refractivity contribution >= 4 is 17.5 Å². The molecule has 0 bridgehead atoms. The summed E-state index contributed by atoms with van der Waals surface area (Å²) in [7, 11) is 0. The molecule has 92 valence electrons. The van der Waals surface area contributed by atoms with Crippen molar-refractivity contribution in [2.45, 2.75) is 41.9 Å². The Morgan fingerprint density at radius 2 is 2.00 bits per heavy atom. The summed E-state index contributed by atoms with van der Waals surface area (Å²) < 4.78 is 5.95. The predicted molar refractivity (Wildman–Crippen MR) is 70.8 cm³/mol. The first-order valence-corrected chi connectivity index (χ1v) is 7.41. The fourth-order valence-electron chi connectivity index (χ4n) is 3.12. The number of hydrogen-bond donors (Lipinski definition) is 0. The van der Waals surface area contributed by atoms with Crippen LogP contribution in [0.15, 0.2) is 40.5 Å². The molecule has 0 radical (unpaired) electrons. The van der Waals surface area contributed by atoms with Gasteiger partial charge in [-0.1, -0.05) is 18.2 Å². The molecule has 4 rings (SSSR count). The molecule has 0 fully saturated rings. The zero-order valence-electron chi connectivity index (χ0n) is 10.0. The van der Waals surface area contributed by atoms with E-state index in [4.69, 9.17) is 4.74 Å². The number of benzene rings is 1. The molecule has 0 amide bonds. The second kappa shape index (κ2) is 3.89. The van der Waals surface area contributed by atoms with Crippen LogP contribution >= 0.6 is 11.8 Å². The summed E-state index contributed by atoms with van der Waals surface area (Å²) in [6, 6.07) is 7.91. The molecule has 3 heteroatoms. The molecule has 2 heterocycles. The van der Waals surface area contributed by atoms with Gasteiger partial charge in [0.25, 0.3) is 0 Å². The van der Waals surface area contributed by atoms with Gasteiger partial charge in [0.15, 0.2) is 6.10 Å². The minimum Gasteiger partial charge on any atom is -0.485 e. The van der Waals surface area contributed by atoms with Crippen LogP contribution < -0.4 is 0 Å². The summed E-state index contributed by atoms with van der Waals surface area (Å²) in [6.07, 6.45) is 4.31. The number of allylic oxidation sites excluding steroid dienone is 1. The maximum atomic E-state index is 12.5. The van der Waals surface area contributed by atoms with Crippen LogP contribution in [0, 0.1) is 0 Å². The van der Waals surface area contributed by atoms with Crippen LogP contribution in [0.2, 0.25) is 0 Å². The van der Waals surface area contributed by atoms with E-state index in [1.807, 2.05) is 30.0 Å². The van der Waals surface area contributed by atoms with Crippen LogP contribution in [0.4, 0.5) is 0 Å². The Labute approximate surface area is 110 Å². The highest BCUT2D eigenvalue weighted by Gasteiger charge is 2.45. The molecule has 18 heavy (non-hydrogen) atoms. The Kier molecular flexibility index (Phi) is 2.31. The van der Waals surface area contributed by atoms with E-state index in [0.29, 0.717) is 0 Å². The van der Waals surface area contributed by atoms with Gasteiger partial charge in [-0.25, -0.2) is 0 Å². The molecule has 0 spiro atoms. The molecule has 1 aromatic rings. The van der Waals surface area contributed by atoms with Crippen molar-refractivity contribution in [3.63, 3.8) is 0 Å². The molecule has 1 aliphatic carbocycles. The predicted octanol–water partition coefficient (Wildman–Crippen LogP) is 3.57. The third-order valence-corrected chi connectivity index (χ3v) is 5.41. The Morgan fingerprint density at radius 1 is 1.17 bits per heavy atom. The van der Waals surface area contributed by atoms with Crippen LogP contribution in [-0.4, -0.2) is 17.1 Å². The normalized spacial score (nSPS) is 29.4. The number of hydrogen-bond acceptors (Lipinski definition) is 3. The molecule has 1 aromatic carbocycles. The van der Waals surface area contributed by atoms with Gasteiger partial charge in [0.2, 0.25) is 5.78 Å². The van der Waals surface area contributed by atoms with Gasteiger partial charge in [-0.05, 0) is 30.9 Å². The molecule has 0 saturated carbocycles. The van der Waals surface area contributed by atoms with E-state index in [1.54, 1.807) is 0 Å². The minimum atomic E-state index is -0.256. The topological polar surface area (TPSA) is 26.3 Å². The Hall–Kier alpha value is -1.22. The van der Waals surface area contributed by atoms with E-state index in [9.17, 15) is 4.79 Å². The van der Waals surface area contributed by atoms with Gasteiger partial charge in [-0.15, -0.1) is 11.8 Å². The van der Waals surface area contributed by atoms with Crippen molar-refractivity contribution < 1.29 is 9.53 Å². The van der Waals surface area contributed by atoms with Crippen LogP contribution in [-0.2, 0) is 4.74 Å². The van der Waals surface area contributed by atoms with Gasteiger partial charge >= 0.3 is 0 Å². The van der Waals surface area contributed by atoms with E-state index in [0.717, 1.165) is 29.1 Å². The largest absolute Gasteiger partial charge is 0.485 e. The maximum Gasteiger partial charge on any atom is 0.205 e. The molecule has 2 unspecified atom stereocenters. The molecule has 2 aliphatic heterocycles. The molecule has 0 N–H and O–H groups in total. The zero-order chi connectivity index (χ0) is 12.1. The average Bonchev–Trinajstić information content (AvgIpc) is 2.79. The first-order chi connectivity index (χ1) is 8.84. The van der Waals surface area contributed by atoms with Crippen molar-refractivity contribution in [3.05, 3.63) is 41.2 Å². The maximum absolute atomic E-state index is 12.5. The van der Waals surface area contributed by atoms with Crippen molar-refractivity contribution in [2.24, 2.45) is 0 Å². The van der Waals surface area contributed by atoms with Crippen molar-refractivity contribution in [1.29, 1.82) is 0 Å². The highest BCUT2D eigenvalue weighted by Crippen LogP contribution is 2.48. The first kappa shape index (κ1) is 10.7. The average molecular weight is 258 g/mol. The van der Waals surface area contributed by atoms with Gasteiger partial charge in [-0.2, -0.15) is 0 Å². The van der Waals surface area contributed by atoms with Crippen LogP contribution in [0.5, 0.6) is 0 Å². The fourth-order valence-corrected chi connectivity index (χ4v) is 4.54. The van der Waals surface area contributed by atoms with E-state index < -0.39 is 0 Å². The number of rotatable bonds is 0. The number of carbonyl (C=O) groups is 1. The number of ether oxygens (including phenoxy) is 1. The lowest BCUT2D eigenvalue weighted by Crippen LogP contribution is -2.34. The summed E-state index contributed by atoms with van der Waals surface area (Å²) >= 11 is 1.81. The number of fused-ring (bicyclic) bond motifs is 3. The zero-order valence-corrected chi connectivity index (χ0v) is 10.8. The van der Waals surface area contributed by atoms with Gasteiger partial charge in [0.05, 0.1) is 11.0 Å². The molecule has 3 aliphatic rings. The van der Waals surface area contributed by atoms with E-state index >= 15 is 0 Å². The van der Waals surface area contributed by atoms with E-state index in [-0.39, 0.29) is 17.1 Å². The summed E-state index contributed by atoms with van der Waals surface area (Å²) in [4.78, 5) is 13.6. The molecule has 0 saturated heterocycles. The quantitative estimate of drug-likeness (QED) is 0.711. The molecular weight excluding hydrogens is 244 g/mol. The third-order valence-electron chi connectivity index (χ3n) is 4.01. The number of carbonyl (C=O) groups excluding carboxylic acids is 1. The van der Waals surface area contributed by atoms with E-state index in [2.05, 4.69) is 6.07 Å². The van der Waals surface area contributed by atoms with Crippen LogP contribution in [0.3, 0.4) is 0 Å². The van der Waals surface area contributed by atoms with E-state index in [1.165, 1.54) is 18.4 Å². The molecule has 2 atom stereocenters. The van der Waals surface area contributed by atoms with Crippen LogP contribution in [0.25, 0.3) is 0 Å². The second-order valence-electron chi connectivity index (χ2n) is 5.09. The monoisotopic (exact) mass is 258 g/mol. The van der Waals surface area contributed by atoms with Gasteiger partial charge in [-0.3, -0.25) is 4.79 Å². The Bertz CT molecular complexity index is 561. The first-order valence-electron chi connectivity index (χ1n) is 6.53. The third kappa shape index (κ3) is 1.40. The standard InChI is InChI=1S/C15H14O2S/c16-13-10-6-2-4-8-12(10)18-15-9-5-1-3-7-11(9)17-14(13)15/h2,4,6,8,14-15H,1,3,5,7H2. The SMILES string of the molecule is O=C1c2ccccc2SC2C3=C(CCCC3)OC12. The number of Topliss-reactive ketones (excluding diaryl/α,β-unsaturated/α-hetero) is 1. The lowest BCUT2D eigenvalue weighted by atomic mass is 9.93. The highest BCUT2D eigenvalue weighted by atomic mass is 32.2. The highest BCUT2D eigenvalue weighted by molar-refractivity contribution is 8.00. The minimum absolute atomic E-state index is 0.170. The molecular formula is C15H14O2S. The number of thioether (sulfide) groups is 1. The van der Waals surface area contributed by atoms with Gasteiger partial charge < -0.3 is 4.74 Å². The summed E-state index contributed by atoms with van der Waals surface area (Å²) in [5.74, 6) is 1.29. The summed E-state index contributed by atoms with van der Waals surface area (Å²) in [5, 5.41) is 0.239. The van der Waals surface area contributed by atoms with Crippen molar-refractivity contribution in [3.8, 4) is 0 Å². The fraction of sp³-hybridized carbons (Fsp3) is 0.400. The van der Waals surface area contributed by atoms with Crippen LogP contribution in [0.1, 0.15) is 36.0 Å². The van der Waals surface area contributed by atoms with Gasteiger partial charge in [0, 0.05) is 16.9 Å². The number of ketones is 1. The summed E-state index contributed by atoms with van der Waals surface area (Å²) in [5.41, 5.74) is 2.24. The second-order valence-corrected chi connectivity index (χ2v) is 6.28. The summed E-state index contributed by atoms with van der Waals surface area (Å²) in [6.45, 7) is 0. The van der Waals surface area contributed by atoms with Crippen molar-refractivity contribution in [2.75, 3.05) is 0 Å². The van der Waals surface area contributed by atoms with Gasteiger partial charge in [0.1, 0.15) is 0 Å². The lowest BCUT2D eigenvalue weighted by Gasteiger charge is -2.26. The Morgan fingerprint density at radius 3 is 2.94 bits per heavy atom. The smallest absolute Gasteiger partial charge is 0.205 e. The lowest BCUT2D eigenvalue weighted by molar-refractivity contribution is 0.0698. The van der Waals surface area contributed by atoms with Crippen molar-refractivity contribution in [1.82, 2.24) is 0 Å². The molecule has 2 nitrogen and oxygen atoms in total.